The molecule has 304 valence electrons. The van der Waals surface area contributed by atoms with Crippen molar-refractivity contribution in [3.05, 3.63) is 121 Å². The predicted molar refractivity (Wildman–Crippen MR) is 226 cm³/mol. The highest BCUT2D eigenvalue weighted by Crippen LogP contribution is 2.33. The van der Waals surface area contributed by atoms with E-state index >= 15 is 0 Å². The summed E-state index contributed by atoms with van der Waals surface area (Å²) in [5.74, 6) is -0.406. The summed E-state index contributed by atoms with van der Waals surface area (Å²) >= 11 is 4.40. The minimum absolute atomic E-state index is 0.0256. The first-order valence-corrected chi connectivity index (χ1v) is 21.2. The zero-order valence-corrected chi connectivity index (χ0v) is 35.4. The van der Waals surface area contributed by atoms with Gasteiger partial charge < -0.3 is 45.8 Å². The molecule has 0 amide bonds. The second-order valence-corrected chi connectivity index (χ2v) is 18.0. The lowest BCUT2D eigenvalue weighted by Gasteiger charge is -2.35. The van der Waals surface area contributed by atoms with Gasteiger partial charge in [-0.1, -0.05) is 48.5 Å². The molecule has 2 aliphatic heterocycles. The fourth-order valence-corrected chi connectivity index (χ4v) is 8.89. The molecule has 2 aromatic rings. The number of Topliss-reactive ketones (excluding diaryl/α,β-unsaturated/α-hetero) is 1. The van der Waals surface area contributed by atoms with Crippen LogP contribution < -0.4 is 16.2 Å². The molecule has 4 heterocycles. The SMILES string of the molecule is C=C(O)C(C)(C)O/N=C(\C(N[C@H](C(C)=O)[C@H](C)SC/C(CCC(O)C1C=CC=C2N(Cc3cc(C(=N)N)cs3)C=CN21)=C(\C)C(=O)[O-])=C1\C=CC1)c1csc(C)n1. The normalized spacial score (nSPS) is 19.2. The molecule has 1 aliphatic carbocycles. The van der Waals surface area contributed by atoms with Crippen LogP contribution in [-0.4, -0.2) is 83.1 Å². The van der Waals surface area contributed by atoms with Crippen LogP contribution in [0, 0.1) is 12.3 Å². The number of rotatable bonds is 20. The van der Waals surface area contributed by atoms with Crippen molar-refractivity contribution in [2.24, 2.45) is 10.9 Å². The van der Waals surface area contributed by atoms with Gasteiger partial charge in [-0.3, -0.25) is 10.2 Å². The number of fused-ring (bicyclic) bond motifs is 1. The van der Waals surface area contributed by atoms with Crippen molar-refractivity contribution in [3.63, 3.8) is 0 Å². The molecule has 16 heteroatoms. The largest absolute Gasteiger partial charge is 0.545 e. The molecule has 0 saturated carbocycles. The number of nitrogen functional groups attached to an aromatic ring is 1. The number of aryl methyl sites for hydroxylation is 1. The van der Waals surface area contributed by atoms with Crippen molar-refractivity contribution in [2.45, 2.75) is 96.4 Å². The summed E-state index contributed by atoms with van der Waals surface area (Å²) < 4.78 is 0. The second-order valence-electron chi connectivity index (χ2n) is 14.6. The minimum atomic E-state index is -1.28. The van der Waals surface area contributed by atoms with E-state index < -0.39 is 23.7 Å². The summed E-state index contributed by atoms with van der Waals surface area (Å²) in [7, 11) is 0. The van der Waals surface area contributed by atoms with Crippen molar-refractivity contribution in [3.8, 4) is 0 Å². The van der Waals surface area contributed by atoms with Crippen molar-refractivity contribution in [2.75, 3.05) is 5.75 Å². The Kier molecular flexibility index (Phi) is 14.1. The topological polar surface area (TPSA) is 201 Å². The number of nitrogens with zero attached hydrogens (tertiary/aromatic N) is 4. The number of thioether (sulfide) groups is 1. The van der Waals surface area contributed by atoms with Crippen LogP contribution in [0.25, 0.3) is 0 Å². The molecule has 2 unspecified atom stereocenters. The van der Waals surface area contributed by atoms with E-state index in [0.717, 1.165) is 21.3 Å². The maximum absolute atomic E-state index is 13.3. The summed E-state index contributed by atoms with van der Waals surface area (Å²) in [5.41, 5.74) is 8.24. The van der Waals surface area contributed by atoms with Crippen molar-refractivity contribution in [1.29, 1.82) is 5.41 Å². The van der Waals surface area contributed by atoms with Gasteiger partial charge in [-0.05, 0) is 77.2 Å². The van der Waals surface area contributed by atoms with Gasteiger partial charge in [0.2, 0.25) is 0 Å². The fourth-order valence-electron chi connectivity index (χ4n) is 6.13. The first-order chi connectivity index (χ1) is 27.0. The zero-order valence-electron chi connectivity index (χ0n) is 32.9. The molecular formula is C41H50N7O6S3-. The third kappa shape index (κ3) is 10.5. The molecule has 0 radical (unpaired) electrons. The van der Waals surface area contributed by atoms with E-state index in [1.807, 2.05) is 78.4 Å². The molecule has 2 aromatic heterocycles. The highest BCUT2D eigenvalue weighted by molar-refractivity contribution is 8.00. The number of carbonyl (C=O) groups is 2. The lowest BCUT2D eigenvalue weighted by atomic mass is 9.96. The Morgan fingerprint density at radius 3 is 2.60 bits per heavy atom. The third-order valence-electron chi connectivity index (χ3n) is 9.97. The summed E-state index contributed by atoms with van der Waals surface area (Å²) in [4.78, 5) is 41.0. The van der Waals surface area contributed by atoms with E-state index in [2.05, 4.69) is 26.9 Å². The van der Waals surface area contributed by atoms with Gasteiger partial charge in [0.25, 0.3) is 0 Å². The van der Waals surface area contributed by atoms with E-state index in [1.165, 1.54) is 48.3 Å². The average molecular weight is 833 g/mol. The lowest BCUT2D eigenvalue weighted by molar-refractivity contribution is -0.299. The summed E-state index contributed by atoms with van der Waals surface area (Å²) in [6.45, 7) is 14.3. The van der Waals surface area contributed by atoms with E-state index in [1.54, 1.807) is 13.8 Å². The Bertz CT molecular complexity index is 2110. The number of aliphatic hydroxyl groups excluding tert-OH is 2. The van der Waals surface area contributed by atoms with Gasteiger partial charge in [-0.25, -0.2) is 4.98 Å². The Hall–Kier alpha value is -4.90. The standard InChI is InChI=1S/C41H51N7O6S3/c1-23(40(52)53)29(14-15-34(51)33-12-9-13-35-47(16-17-48(33)35)19-31-18-30(21-57-31)39(42)43)20-55-25(3)36(24(2)49)45-37(28-10-8-11-28)38(32-22-56-27(5)44-32)46-54-41(6,7)26(4)50/h8-10,12-13,16-18,21-22,25,33-34,36,45,50-51H,4,11,14-15,19-20H2,1-3,5-7H3,(H3,42,43)(H,52,53)/p-1/b29-23+,37-28+,46-38-/t25-,33?,34?,36+/m0/s1. The number of carboxylic acids is 1. The molecule has 0 spiro atoms. The van der Waals surface area contributed by atoms with Crippen molar-refractivity contribution < 1.29 is 29.7 Å². The maximum atomic E-state index is 13.3. The number of thiazole rings is 1. The van der Waals surface area contributed by atoms with Gasteiger partial charge in [0, 0.05) is 44.6 Å². The Labute approximate surface area is 345 Å². The Morgan fingerprint density at radius 1 is 1.28 bits per heavy atom. The van der Waals surface area contributed by atoms with Crippen molar-refractivity contribution >= 4 is 57.7 Å². The van der Waals surface area contributed by atoms with Gasteiger partial charge in [-0.2, -0.15) is 11.8 Å². The van der Waals surface area contributed by atoms with Crippen LogP contribution in [0.5, 0.6) is 0 Å². The van der Waals surface area contributed by atoms with Gasteiger partial charge in [0.05, 0.1) is 41.4 Å². The number of aliphatic hydroxyl groups is 2. The molecule has 4 atom stereocenters. The van der Waals surface area contributed by atoms with E-state index in [9.17, 15) is 24.9 Å². The molecule has 0 saturated heterocycles. The van der Waals surface area contributed by atoms with E-state index in [0.29, 0.717) is 53.4 Å². The number of hydrogen-bond donors (Lipinski definition) is 5. The van der Waals surface area contributed by atoms with Crippen LogP contribution in [0.4, 0.5) is 0 Å². The van der Waals surface area contributed by atoms with Crippen LogP contribution in [0.15, 0.2) is 105 Å². The zero-order chi connectivity index (χ0) is 41.6. The molecule has 6 N–H and O–H groups in total. The number of thiophene rings is 1. The quantitative estimate of drug-likeness (QED) is 0.0368. The number of aromatic nitrogens is 1. The highest BCUT2D eigenvalue weighted by atomic mass is 32.2. The fraction of sp³-hybridized carbons (Fsp3) is 0.390. The Morgan fingerprint density at radius 2 is 2.02 bits per heavy atom. The number of nitrogens with two attached hydrogens (primary N) is 1. The summed E-state index contributed by atoms with van der Waals surface area (Å²) in [6.07, 6.45) is 14.0. The van der Waals surface area contributed by atoms with Crippen LogP contribution in [0.1, 0.15) is 75.0 Å². The number of allylic oxidation sites excluding steroid dienone is 6. The Balaban J connectivity index is 1.27. The first kappa shape index (κ1) is 43.2. The first-order valence-electron chi connectivity index (χ1n) is 18.4. The molecular weight excluding hydrogens is 783 g/mol. The molecule has 57 heavy (non-hydrogen) atoms. The van der Waals surface area contributed by atoms with Gasteiger partial charge in [-0.15, -0.1) is 22.7 Å². The molecule has 0 bridgehead atoms. The van der Waals surface area contributed by atoms with E-state index in [-0.39, 0.29) is 40.7 Å². The van der Waals surface area contributed by atoms with Gasteiger partial charge in [0.1, 0.15) is 23.1 Å². The third-order valence-corrected chi connectivity index (χ3v) is 13.0. The van der Waals surface area contributed by atoms with Crippen LogP contribution in [-0.2, 0) is 21.0 Å². The van der Waals surface area contributed by atoms with E-state index in [4.69, 9.17) is 16.0 Å². The van der Waals surface area contributed by atoms with Gasteiger partial charge in [0.15, 0.2) is 17.1 Å². The maximum Gasteiger partial charge on any atom is 0.187 e. The number of aliphatic carboxylic acids is 1. The second kappa shape index (κ2) is 18.6. The highest BCUT2D eigenvalue weighted by Gasteiger charge is 2.33. The van der Waals surface area contributed by atoms with Crippen molar-refractivity contribution in [1.82, 2.24) is 20.1 Å². The molecule has 3 aliphatic rings. The smallest absolute Gasteiger partial charge is 0.187 e. The number of hydrogen-bond acceptors (Lipinski definition) is 15. The monoisotopic (exact) mass is 832 g/mol. The lowest BCUT2D eigenvalue weighted by Crippen LogP contribution is -2.44. The van der Waals surface area contributed by atoms with Crippen LogP contribution >= 0.6 is 34.4 Å². The minimum Gasteiger partial charge on any atom is -0.545 e. The number of amidine groups is 1. The summed E-state index contributed by atoms with van der Waals surface area (Å²) in [6, 6.07) is 0.818. The predicted octanol–water partition coefficient (Wildman–Crippen LogP) is 5.53. The molecule has 13 nitrogen and oxygen atoms in total. The summed E-state index contributed by atoms with van der Waals surface area (Å²) in [5, 5.41) is 53.6. The average Bonchev–Trinajstić information content (AvgIpc) is 3.89. The number of carboxylic acid groups (broad SMARTS) is 1. The number of nitrogens with one attached hydrogen (secondary N) is 2. The number of carbonyl (C=O) groups excluding carboxylic acids is 2. The number of ketones is 1. The number of oxime groups is 1. The molecule has 0 fully saturated rings. The molecule has 0 aromatic carbocycles. The molecule has 5 rings (SSSR count). The van der Waals surface area contributed by atoms with Gasteiger partial charge >= 0.3 is 0 Å². The van der Waals surface area contributed by atoms with Crippen LogP contribution in [0.2, 0.25) is 0 Å². The van der Waals surface area contributed by atoms with Crippen LogP contribution in [0.3, 0.4) is 0 Å².